The van der Waals surface area contributed by atoms with Crippen molar-refractivity contribution in [3.05, 3.63) is 12.7 Å². The summed E-state index contributed by atoms with van der Waals surface area (Å²) in [5.41, 5.74) is 1.43. The first-order valence-corrected chi connectivity index (χ1v) is 28.8. The molecule has 5 atom stereocenters. The molecule has 12 heteroatoms. The summed E-state index contributed by atoms with van der Waals surface area (Å²) < 4.78 is 38.5. The van der Waals surface area contributed by atoms with E-state index in [1.54, 1.807) is 12.7 Å². The van der Waals surface area contributed by atoms with E-state index in [1.807, 2.05) is 4.57 Å². The number of hydrogen-bond acceptors (Lipinski definition) is 9. The Labute approximate surface area is 391 Å². The van der Waals surface area contributed by atoms with Gasteiger partial charge in [-0.25, -0.2) is 19.5 Å². The summed E-state index contributed by atoms with van der Waals surface area (Å²) >= 11 is 0. The highest BCUT2D eigenvalue weighted by Crippen LogP contribution is 2.53. The van der Waals surface area contributed by atoms with Gasteiger partial charge in [0.1, 0.15) is 24.6 Å². The van der Waals surface area contributed by atoms with Gasteiger partial charge in [0.2, 0.25) is 0 Å². The molecule has 2 aliphatic rings. The monoisotopic (exact) mass is 918 g/mol. The van der Waals surface area contributed by atoms with E-state index in [-0.39, 0.29) is 6.61 Å². The van der Waals surface area contributed by atoms with Crippen LogP contribution < -0.4 is 4.90 Å². The average molecular weight is 918 g/mol. The number of anilines is 1. The van der Waals surface area contributed by atoms with Crippen LogP contribution in [0.3, 0.4) is 0 Å². The molecule has 0 radical (unpaired) electrons. The average Bonchev–Trinajstić information content (AvgIpc) is 3.88. The lowest BCUT2D eigenvalue weighted by molar-refractivity contribution is -0.0685. The fourth-order valence-corrected chi connectivity index (χ4v) is 10.7. The minimum Gasteiger partial charge on any atom is -0.371 e. The topological polar surface area (TPSA) is 121 Å². The van der Waals surface area contributed by atoms with Crippen LogP contribution in [-0.4, -0.2) is 69.0 Å². The van der Waals surface area contributed by atoms with E-state index in [9.17, 15) is 9.46 Å². The summed E-state index contributed by atoms with van der Waals surface area (Å²) in [6.07, 6.45) is 48.0. The van der Waals surface area contributed by atoms with Gasteiger partial charge in [-0.3, -0.25) is 13.6 Å². The number of ether oxygens (including phenoxy) is 2. The highest BCUT2D eigenvalue weighted by Gasteiger charge is 2.54. The predicted molar refractivity (Wildman–Crippen MR) is 265 cm³/mol. The van der Waals surface area contributed by atoms with Gasteiger partial charge in [0.25, 0.3) is 0 Å². The van der Waals surface area contributed by atoms with Crippen LogP contribution in [0.25, 0.3) is 11.2 Å². The van der Waals surface area contributed by atoms with Gasteiger partial charge in [-0.1, -0.05) is 233 Å². The molecule has 0 aromatic carbocycles. The van der Waals surface area contributed by atoms with Crippen molar-refractivity contribution in [3.8, 4) is 0 Å². The van der Waals surface area contributed by atoms with Crippen molar-refractivity contribution < 1.29 is 28.0 Å². The van der Waals surface area contributed by atoms with Crippen molar-refractivity contribution in [1.82, 2.24) is 19.5 Å². The molecular weight excluding hydrogens is 822 g/mol. The van der Waals surface area contributed by atoms with Crippen LogP contribution >= 0.6 is 7.82 Å². The quantitative estimate of drug-likeness (QED) is 0.0509. The number of imidazole rings is 1. The van der Waals surface area contributed by atoms with E-state index >= 15 is 0 Å². The molecule has 1 unspecified atom stereocenters. The second-order valence-electron chi connectivity index (χ2n) is 19.4. The summed E-state index contributed by atoms with van der Waals surface area (Å²) in [6, 6.07) is 0. The Morgan fingerprint density at radius 1 is 0.609 bits per heavy atom. The Morgan fingerprint density at radius 3 is 1.48 bits per heavy atom. The lowest BCUT2D eigenvalue weighted by Crippen LogP contribution is -2.40. The molecule has 0 saturated carbocycles. The third-order valence-electron chi connectivity index (χ3n) is 13.7. The SMILES string of the molecule is CCCCCCCCCCCCCCO[C@@H]1[C@@H]2OP(=O)(O)OC[C@H]2O[C@H]1n1cnc2c(N(CCCCCCCCCCCCCC)CCCCCCCCCCCCCC)ncnc21. The summed E-state index contributed by atoms with van der Waals surface area (Å²) in [6.45, 7) is 9.22. The predicted octanol–water partition coefficient (Wildman–Crippen LogP) is 15.5. The molecule has 2 saturated heterocycles. The zero-order valence-electron chi connectivity index (χ0n) is 41.4. The number of phosphoric acid groups is 1. The number of phosphoric ester groups is 1. The minimum atomic E-state index is -4.21. The first kappa shape index (κ1) is 55.0. The molecule has 64 heavy (non-hydrogen) atoms. The maximum absolute atomic E-state index is 12.6. The second-order valence-corrected chi connectivity index (χ2v) is 20.8. The van der Waals surface area contributed by atoms with Gasteiger partial charge in [-0.05, 0) is 19.3 Å². The molecule has 2 aromatic rings. The van der Waals surface area contributed by atoms with Gasteiger partial charge in [0.15, 0.2) is 23.2 Å². The van der Waals surface area contributed by atoms with Crippen molar-refractivity contribution in [2.24, 2.45) is 0 Å². The van der Waals surface area contributed by atoms with Crippen LogP contribution in [0, 0.1) is 0 Å². The summed E-state index contributed by atoms with van der Waals surface area (Å²) in [5.74, 6) is 0.874. The van der Waals surface area contributed by atoms with E-state index < -0.39 is 32.4 Å². The molecule has 11 nitrogen and oxygen atoms in total. The van der Waals surface area contributed by atoms with Crippen molar-refractivity contribution >= 4 is 24.8 Å². The van der Waals surface area contributed by atoms with Crippen LogP contribution in [-0.2, 0) is 23.1 Å². The maximum Gasteiger partial charge on any atom is 0.472 e. The zero-order chi connectivity index (χ0) is 45.3. The lowest BCUT2D eigenvalue weighted by Gasteiger charge is -2.29. The molecule has 0 spiro atoms. The fraction of sp³-hybridized carbons (Fsp3) is 0.904. The number of aromatic nitrogens is 4. The highest BCUT2D eigenvalue weighted by atomic mass is 31.2. The minimum absolute atomic E-state index is 0.0356. The standard InChI is InChI=1S/C52H96N5O6P/c1-4-7-10-13-16-19-22-25-28-31-34-37-40-56(41-38-35-32-29-26-23-20-17-14-11-8-5-2)50-47-51(54-44-53-50)57(45-55-47)52-49(48-46(62-52)43-61-64(58,59)63-48)60-42-39-36-33-30-27-24-21-18-15-12-9-6-3/h44-46,48-49,52H,4-43H2,1-3H3,(H,58,59)/t46-,48-,49-,52-/m1/s1. The van der Waals surface area contributed by atoms with E-state index in [0.29, 0.717) is 12.3 Å². The summed E-state index contributed by atoms with van der Waals surface area (Å²) in [7, 11) is -4.21. The van der Waals surface area contributed by atoms with Crippen LogP contribution in [0.2, 0.25) is 0 Å². The van der Waals surface area contributed by atoms with Crippen LogP contribution in [0.4, 0.5) is 5.82 Å². The molecule has 0 aliphatic carbocycles. The van der Waals surface area contributed by atoms with Gasteiger partial charge in [0.05, 0.1) is 12.9 Å². The van der Waals surface area contributed by atoms with Gasteiger partial charge < -0.3 is 19.3 Å². The smallest absolute Gasteiger partial charge is 0.371 e. The Kier molecular flexibility index (Phi) is 29.8. The first-order chi connectivity index (χ1) is 31.5. The lowest BCUT2D eigenvalue weighted by atomic mass is 10.0. The molecule has 0 bridgehead atoms. The first-order valence-electron chi connectivity index (χ1n) is 27.3. The molecule has 4 heterocycles. The van der Waals surface area contributed by atoms with Crippen molar-refractivity contribution in [2.45, 2.75) is 276 Å². The van der Waals surface area contributed by atoms with Crippen LogP contribution in [0.1, 0.15) is 258 Å². The number of hydrogen-bond donors (Lipinski definition) is 1. The highest BCUT2D eigenvalue weighted by molar-refractivity contribution is 7.47. The Bertz CT molecular complexity index is 1450. The molecule has 4 rings (SSSR count). The third kappa shape index (κ3) is 21.6. The van der Waals surface area contributed by atoms with E-state index in [0.717, 1.165) is 50.1 Å². The van der Waals surface area contributed by atoms with Crippen molar-refractivity contribution in [2.75, 3.05) is 31.2 Å². The Balaban J connectivity index is 1.32. The van der Waals surface area contributed by atoms with Crippen LogP contribution in [0.15, 0.2) is 12.7 Å². The number of fused-ring (bicyclic) bond motifs is 2. The molecule has 2 aromatic heterocycles. The van der Waals surface area contributed by atoms with E-state index in [4.69, 9.17) is 33.5 Å². The zero-order valence-corrected chi connectivity index (χ0v) is 42.3. The second kappa shape index (κ2) is 34.6. The molecule has 0 amide bonds. The summed E-state index contributed by atoms with van der Waals surface area (Å²) in [4.78, 5) is 27.4. The van der Waals surface area contributed by atoms with Crippen molar-refractivity contribution in [3.63, 3.8) is 0 Å². The van der Waals surface area contributed by atoms with E-state index in [1.165, 1.54) is 205 Å². The Hall–Kier alpha value is -1.62. The van der Waals surface area contributed by atoms with Gasteiger partial charge in [-0.2, -0.15) is 0 Å². The molecule has 370 valence electrons. The number of rotatable bonds is 42. The Morgan fingerprint density at radius 2 is 1.03 bits per heavy atom. The normalized spacial score (nSPS) is 21.0. The molecule has 1 N–H and O–H groups in total. The number of unbranched alkanes of at least 4 members (excludes halogenated alkanes) is 33. The summed E-state index contributed by atoms with van der Waals surface area (Å²) in [5, 5.41) is 0. The maximum atomic E-state index is 12.6. The van der Waals surface area contributed by atoms with E-state index in [2.05, 4.69) is 25.7 Å². The fourth-order valence-electron chi connectivity index (χ4n) is 9.75. The largest absolute Gasteiger partial charge is 0.472 e. The molecule has 2 aliphatic heterocycles. The third-order valence-corrected chi connectivity index (χ3v) is 14.7. The van der Waals surface area contributed by atoms with Crippen molar-refractivity contribution in [1.29, 1.82) is 0 Å². The van der Waals surface area contributed by atoms with Gasteiger partial charge >= 0.3 is 7.82 Å². The van der Waals surface area contributed by atoms with Gasteiger partial charge in [0, 0.05) is 19.7 Å². The number of nitrogens with zero attached hydrogens (tertiary/aromatic N) is 5. The molecular formula is C52H96N5O6P. The molecule has 2 fully saturated rings. The van der Waals surface area contributed by atoms with Crippen LogP contribution in [0.5, 0.6) is 0 Å². The van der Waals surface area contributed by atoms with Gasteiger partial charge in [-0.15, -0.1) is 0 Å².